The van der Waals surface area contributed by atoms with Crippen LogP contribution < -0.4 is 0 Å². The van der Waals surface area contributed by atoms with Crippen molar-refractivity contribution >= 4 is 29.5 Å². The number of ketones is 1. The molecule has 10 heteroatoms. The predicted octanol–water partition coefficient (Wildman–Crippen LogP) is 6.90. The fraction of sp³-hybridized carbons (Fsp3) is 0.214. The Morgan fingerprint density at radius 1 is 1.21 bits per heavy atom. The van der Waals surface area contributed by atoms with Crippen LogP contribution in [-0.4, -0.2) is 23.8 Å². The molecular formula is C14H15BrF6NOP. The average molecular weight is 438 g/mol. The van der Waals surface area contributed by atoms with Crippen LogP contribution in [0.5, 0.6) is 0 Å². The Bertz CT molecular complexity index is 666. The number of rotatable bonds is 3. The number of allylic oxidation sites excluding steroid dienone is 2. The molecule has 1 aliphatic heterocycles. The van der Waals surface area contributed by atoms with Crippen molar-refractivity contribution < 1.29 is 31.4 Å². The minimum absolute atomic E-state index is 0. The summed E-state index contributed by atoms with van der Waals surface area (Å²) in [7, 11) is -8.67. The van der Waals surface area contributed by atoms with Crippen LogP contribution in [0.15, 0.2) is 53.2 Å². The van der Waals surface area contributed by atoms with Crippen molar-refractivity contribution in [1.29, 1.82) is 0 Å². The Kier molecular flexibility index (Phi) is 5.62. The molecule has 136 valence electrons. The van der Waals surface area contributed by atoms with Gasteiger partial charge in [0.15, 0.2) is 5.78 Å². The summed E-state index contributed by atoms with van der Waals surface area (Å²) in [6.45, 7) is 0. The van der Waals surface area contributed by atoms with Gasteiger partial charge in [0.05, 0.1) is 6.04 Å². The summed E-state index contributed by atoms with van der Waals surface area (Å²) in [5.41, 5.74) is 0.760. The molecule has 0 radical (unpaired) electrons. The number of carbonyl (C=O) groups excluding carboxylic acids is 1. The van der Waals surface area contributed by atoms with E-state index in [0.29, 0.717) is 6.42 Å². The second-order valence-electron chi connectivity index (χ2n) is 5.06. The van der Waals surface area contributed by atoms with Crippen molar-refractivity contribution in [3.63, 3.8) is 0 Å². The van der Waals surface area contributed by atoms with E-state index in [1.807, 2.05) is 49.7 Å². The van der Waals surface area contributed by atoms with Crippen LogP contribution in [0.3, 0.4) is 0 Å². The molecule has 1 heterocycles. The van der Waals surface area contributed by atoms with Gasteiger partial charge in [0.1, 0.15) is 0 Å². The number of carbonyl (C=O) groups is 1. The minimum atomic E-state index is -10.7. The summed E-state index contributed by atoms with van der Waals surface area (Å²) < 4.78 is 60.1. The molecule has 0 aromatic heterocycles. The SMILES string of the molecule is CN1C=CC=CC1CC(=O)c1cccc(Br)c1.F[P-](F)(F)(F)(F)F.[H+]. The molecule has 1 atom stereocenters. The van der Waals surface area contributed by atoms with Gasteiger partial charge in [-0.2, -0.15) is 0 Å². The first kappa shape index (κ1) is 20.7. The zero-order valence-corrected chi connectivity index (χ0v) is 14.8. The predicted molar refractivity (Wildman–Crippen MR) is 87.6 cm³/mol. The van der Waals surface area contributed by atoms with Crippen LogP contribution in [0.1, 0.15) is 18.2 Å². The van der Waals surface area contributed by atoms with E-state index in [1.54, 1.807) is 0 Å². The topological polar surface area (TPSA) is 20.3 Å². The third-order valence-corrected chi connectivity index (χ3v) is 3.32. The summed E-state index contributed by atoms with van der Waals surface area (Å²) in [6.07, 6.45) is 8.50. The van der Waals surface area contributed by atoms with E-state index in [0.717, 1.165) is 10.0 Å². The molecule has 0 aliphatic carbocycles. The Morgan fingerprint density at radius 3 is 2.29 bits per heavy atom. The normalized spacial score (nSPS) is 19.8. The first-order chi connectivity index (χ1) is 10.6. The van der Waals surface area contributed by atoms with Crippen molar-refractivity contribution in [2.45, 2.75) is 12.5 Å². The Labute approximate surface area is 144 Å². The van der Waals surface area contributed by atoms with Gasteiger partial charge in [-0.05, 0) is 24.4 Å². The van der Waals surface area contributed by atoms with Gasteiger partial charge in [-0.25, -0.2) is 0 Å². The number of likely N-dealkylation sites (N-methyl/N-ethyl adjacent to an activating group) is 1. The van der Waals surface area contributed by atoms with Crippen LogP contribution in [0.4, 0.5) is 25.2 Å². The number of Topliss-reactive ketones (excluding diaryl/α,β-unsaturated/α-hetero) is 1. The van der Waals surface area contributed by atoms with Crippen molar-refractivity contribution in [1.82, 2.24) is 4.90 Å². The molecule has 0 bridgehead atoms. The molecule has 1 aromatic carbocycles. The molecule has 0 saturated heterocycles. The average Bonchev–Trinajstić information content (AvgIpc) is 2.38. The molecule has 24 heavy (non-hydrogen) atoms. The van der Waals surface area contributed by atoms with E-state index in [4.69, 9.17) is 0 Å². The first-order valence-electron chi connectivity index (χ1n) is 6.54. The summed E-state index contributed by atoms with van der Waals surface area (Å²) in [5, 5.41) is 0. The number of halogens is 7. The van der Waals surface area contributed by atoms with E-state index in [-0.39, 0.29) is 13.3 Å². The molecule has 0 N–H and O–H groups in total. The van der Waals surface area contributed by atoms with Gasteiger partial charge in [0.2, 0.25) is 0 Å². The van der Waals surface area contributed by atoms with Crippen molar-refractivity contribution in [2.24, 2.45) is 0 Å². The maximum absolute atomic E-state index is 12.1. The van der Waals surface area contributed by atoms with Crippen molar-refractivity contribution in [3.8, 4) is 0 Å². The Balaban J connectivity index is 0.000000620. The third-order valence-electron chi connectivity index (χ3n) is 2.83. The molecule has 0 saturated carbocycles. The maximum atomic E-state index is 12.1. The largest absolute Gasteiger partial charge is 1.00 e. The van der Waals surface area contributed by atoms with E-state index in [1.165, 1.54) is 0 Å². The zero-order valence-electron chi connectivity index (χ0n) is 13.4. The monoisotopic (exact) mass is 437 g/mol. The van der Waals surface area contributed by atoms with Gasteiger partial charge in [-0.1, -0.05) is 40.2 Å². The van der Waals surface area contributed by atoms with Crippen molar-refractivity contribution in [3.05, 3.63) is 58.7 Å². The van der Waals surface area contributed by atoms with Gasteiger partial charge in [-0.3, -0.25) is 4.79 Å². The quantitative estimate of drug-likeness (QED) is 0.291. The van der Waals surface area contributed by atoms with Crippen LogP contribution in [0, 0.1) is 0 Å². The molecule has 1 aromatic rings. The maximum Gasteiger partial charge on any atom is 1.00 e. The molecule has 2 rings (SSSR count). The number of hydrogen-bond acceptors (Lipinski definition) is 2. The van der Waals surface area contributed by atoms with E-state index in [2.05, 4.69) is 26.9 Å². The number of benzene rings is 1. The van der Waals surface area contributed by atoms with Gasteiger partial charge in [-0.15, -0.1) is 0 Å². The van der Waals surface area contributed by atoms with Gasteiger partial charge < -0.3 is 4.90 Å². The molecule has 1 unspecified atom stereocenters. The summed E-state index contributed by atoms with van der Waals surface area (Å²) in [5.74, 6) is 0.170. The second-order valence-corrected chi connectivity index (χ2v) is 7.89. The first-order valence-corrected chi connectivity index (χ1v) is 9.36. The summed E-state index contributed by atoms with van der Waals surface area (Å²) in [6, 6.07) is 7.69. The number of hydrogen-bond donors (Lipinski definition) is 0. The van der Waals surface area contributed by atoms with Crippen LogP contribution in [0.25, 0.3) is 0 Å². The Hall–Kier alpha value is -1.34. The molecule has 0 spiro atoms. The van der Waals surface area contributed by atoms with Gasteiger partial charge >= 0.3 is 34.4 Å². The molecular weight excluding hydrogens is 423 g/mol. The molecule has 1 aliphatic rings. The number of nitrogens with zero attached hydrogens (tertiary/aromatic N) is 1. The summed E-state index contributed by atoms with van der Waals surface area (Å²) >= 11 is 3.38. The third kappa shape index (κ3) is 10.4. The molecule has 0 fully saturated rings. The van der Waals surface area contributed by atoms with Crippen LogP contribution >= 0.6 is 23.7 Å². The smallest absolute Gasteiger partial charge is 1.00 e. The zero-order chi connectivity index (χ0) is 18.7. The second kappa shape index (κ2) is 6.52. The Morgan fingerprint density at radius 2 is 1.79 bits per heavy atom. The minimum Gasteiger partial charge on any atom is 1.00 e. The molecule has 2 nitrogen and oxygen atoms in total. The van der Waals surface area contributed by atoms with E-state index in [9.17, 15) is 30.0 Å². The summed E-state index contributed by atoms with van der Waals surface area (Å²) in [4.78, 5) is 14.2. The molecule has 0 amide bonds. The standard InChI is InChI=1S/C14H14BrNO.F6P/c1-16-8-3-2-7-13(16)10-14(17)11-5-4-6-12(15)9-11;1-7(2,3,4,5)6/h2-9,13H,10H2,1H3;/q;-1/p+1. The van der Waals surface area contributed by atoms with Crippen LogP contribution in [-0.2, 0) is 0 Å². The van der Waals surface area contributed by atoms with E-state index < -0.39 is 7.81 Å². The van der Waals surface area contributed by atoms with Gasteiger partial charge in [0.25, 0.3) is 0 Å². The van der Waals surface area contributed by atoms with Gasteiger partial charge in [0, 0.05) is 23.5 Å². The van der Waals surface area contributed by atoms with E-state index >= 15 is 0 Å². The van der Waals surface area contributed by atoms with Crippen molar-refractivity contribution in [2.75, 3.05) is 7.05 Å². The van der Waals surface area contributed by atoms with Crippen LogP contribution in [0.2, 0.25) is 0 Å². The fourth-order valence-corrected chi connectivity index (χ4v) is 2.21. The fourth-order valence-electron chi connectivity index (χ4n) is 1.81.